The zero-order valence-corrected chi connectivity index (χ0v) is 15.3. The second kappa shape index (κ2) is 7.13. The lowest BCUT2D eigenvalue weighted by Gasteiger charge is -2.35. The summed E-state index contributed by atoms with van der Waals surface area (Å²) in [6.07, 6.45) is 1.20. The lowest BCUT2D eigenvalue weighted by Crippen LogP contribution is -2.47. The van der Waals surface area contributed by atoms with E-state index in [0.29, 0.717) is 24.6 Å². The minimum Gasteiger partial charge on any atom is -0.375 e. The largest absolute Gasteiger partial charge is 0.375 e. The molecule has 0 radical (unpaired) electrons. The van der Waals surface area contributed by atoms with E-state index in [1.807, 2.05) is 13.8 Å². The molecule has 2 aliphatic heterocycles. The van der Waals surface area contributed by atoms with Crippen LogP contribution in [-0.4, -0.2) is 83.8 Å². The SMILES string of the molecule is Cc1n[nH]c(C)c1C(=O)N[C@@H]1C[C@H]2CO[C@@H](CC(=O)N(C)C)CN2C1. The molecular weight excluding hydrogens is 322 g/mol. The smallest absolute Gasteiger partial charge is 0.255 e. The van der Waals surface area contributed by atoms with Crippen LogP contribution in [-0.2, 0) is 9.53 Å². The summed E-state index contributed by atoms with van der Waals surface area (Å²) in [7, 11) is 3.52. The van der Waals surface area contributed by atoms with Crippen molar-refractivity contribution in [3.05, 3.63) is 17.0 Å². The average molecular weight is 349 g/mol. The summed E-state index contributed by atoms with van der Waals surface area (Å²) in [5.41, 5.74) is 2.14. The van der Waals surface area contributed by atoms with Crippen LogP contribution in [0.3, 0.4) is 0 Å². The average Bonchev–Trinajstić information content (AvgIpc) is 3.09. The molecule has 0 spiro atoms. The number of amides is 2. The fourth-order valence-electron chi connectivity index (χ4n) is 3.69. The van der Waals surface area contributed by atoms with Crippen molar-refractivity contribution >= 4 is 11.8 Å². The predicted octanol–water partition coefficient (Wildman–Crippen LogP) is 0.0763. The number of carbonyl (C=O) groups is 2. The monoisotopic (exact) mass is 349 g/mol. The van der Waals surface area contributed by atoms with E-state index in [4.69, 9.17) is 4.74 Å². The molecule has 25 heavy (non-hydrogen) atoms. The summed E-state index contributed by atoms with van der Waals surface area (Å²) in [5, 5.41) is 10.1. The Morgan fingerprint density at radius 1 is 1.36 bits per heavy atom. The normalized spacial score (nSPS) is 26.3. The Morgan fingerprint density at radius 2 is 2.12 bits per heavy atom. The van der Waals surface area contributed by atoms with E-state index in [1.165, 1.54) is 0 Å². The van der Waals surface area contributed by atoms with Crippen LogP contribution in [0.15, 0.2) is 0 Å². The molecule has 8 nitrogen and oxygen atoms in total. The molecule has 3 heterocycles. The van der Waals surface area contributed by atoms with E-state index < -0.39 is 0 Å². The van der Waals surface area contributed by atoms with E-state index in [0.717, 1.165) is 30.9 Å². The molecular formula is C17H27N5O3. The molecule has 8 heteroatoms. The van der Waals surface area contributed by atoms with E-state index in [-0.39, 0.29) is 24.0 Å². The van der Waals surface area contributed by atoms with Gasteiger partial charge in [0.25, 0.3) is 5.91 Å². The van der Waals surface area contributed by atoms with Gasteiger partial charge in [-0.15, -0.1) is 0 Å². The molecule has 2 fully saturated rings. The fourth-order valence-corrected chi connectivity index (χ4v) is 3.69. The van der Waals surface area contributed by atoms with Gasteiger partial charge in [-0.2, -0.15) is 5.10 Å². The number of aromatic amines is 1. The Hall–Kier alpha value is -1.93. The Labute approximate surface area is 147 Å². The third-order valence-corrected chi connectivity index (χ3v) is 5.08. The Kier molecular flexibility index (Phi) is 5.10. The molecule has 0 aliphatic carbocycles. The maximum atomic E-state index is 12.5. The summed E-state index contributed by atoms with van der Waals surface area (Å²) >= 11 is 0. The standard InChI is InChI=1S/C17H27N5O3/c1-10-16(11(2)20-19-10)17(24)18-12-5-13-9-25-14(8-22(13)7-12)6-15(23)21(3)4/h12-14H,5-9H2,1-4H3,(H,18,24)(H,19,20)/t12-,13+,14+/m1/s1. The van der Waals surface area contributed by atoms with Gasteiger partial charge in [0.2, 0.25) is 5.91 Å². The van der Waals surface area contributed by atoms with E-state index in [2.05, 4.69) is 20.4 Å². The topological polar surface area (TPSA) is 90.6 Å². The number of nitrogens with one attached hydrogen (secondary N) is 2. The first kappa shape index (κ1) is 17.9. The molecule has 2 N–H and O–H groups in total. The van der Waals surface area contributed by atoms with Crippen molar-refractivity contribution < 1.29 is 14.3 Å². The van der Waals surface area contributed by atoms with Crippen LogP contribution in [0.2, 0.25) is 0 Å². The number of morpholine rings is 1. The zero-order chi connectivity index (χ0) is 18.1. The lowest BCUT2D eigenvalue weighted by atomic mass is 10.1. The van der Waals surface area contributed by atoms with Gasteiger partial charge >= 0.3 is 0 Å². The van der Waals surface area contributed by atoms with Crippen LogP contribution in [0.5, 0.6) is 0 Å². The Balaban J connectivity index is 1.55. The van der Waals surface area contributed by atoms with Crippen molar-refractivity contribution in [1.82, 2.24) is 25.3 Å². The predicted molar refractivity (Wildman–Crippen MR) is 92.3 cm³/mol. The summed E-state index contributed by atoms with van der Waals surface area (Å²) in [6.45, 7) is 5.83. The highest BCUT2D eigenvalue weighted by Crippen LogP contribution is 2.25. The van der Waals surface area contributed by atoms with Crippen LogP contribution in [0.4, 0.5) is 0 Å². The van der Waals surface area contributed by atoms with E-state index >= 15 is 0 Å². The maximum absolute atomic E-state index is 12.5. The van der Waals surface area contributed by atoms with Gasteiger partial charge in [0.1, 0.15) is 0 Å². The fraction of sp³-hybridized carbons (Fsp3) is 0.706. The molecule has 1 aromatic heterocycles. The first-order valence-electron chi connectivity index (χ1n) is 8.73. The highest BCUT2D eigenvalue weighted by atomic mass is 16.5. The van der Waals surface area contributed by atoms with Gasteiger partial charge in [0, 0.05) is 45.0 Å². The number of carbonyl (C=O) groups excluding carboxylic acids is 2. The van der Waals surface area contributed by atoms with Crippen molar-refractivity contribution in [2.24, 2.45) is 0 Å². The van der Waals surface area contributed by atoms with Gasteiger partial charge in [0.05, 0.1) is 30.4 Å². The summed E-state index contributed by atoms with van der Waals surface area (Å²) in [5.74, 6) is 0.00672. The quantitative estimate of drug-likeness (QED) is 0.803. The third kappa shape index (κ3) is 3.85. The van der Waals surface area contributed by atoms with Crippen LogP contribution in [0.1, 0.15) is 34.6 Å². The molecule has 1 aromatic rings. The van der Waals surface area contributed by atoms with Gasteiger partial charge in [0.15, 0.2) is 0 Å². The van der Waals surface area contributed by atoms with Gasteiger partial charge in [-0.25, -0.2) is 0 Å². The number of aryl methyl sites for hydroxylation is 2. The van der Waals surface area contributed by atoms with Crippen LogP contribution in [0, 0.1) is 13.8 Å². The third-order valence-electron chi connectivity index (χ3n) is 5.08. The van der Waals surface area contributed by atoms with E-state index in [9.17, 15) is 9.59 Å². The number of ether oxygens (including phenoxy) is 1. The van der Waals surface area contributed by atoms with Gasteiger partial charge in [-0.1, -0.05) is 0 Å². The molecule has 3 atom stereocenters. The number of hydrogen-bond acceptors (Lipinski definition) is 5. The minimum absolute atomic E-state index is 0.0704. The first-order chi connectivity index (χ1) is 11.8. The number of rotatable bonds is 4. The molecule has 3 rings (SSSR count). The summed E-state index contributed by atoms with van der Waals surface area (Å²) < 4.78 is 5.86. The second-order valence-corrected chi connectivity index (χ2v) is 7.27. The molecule has 0 saturated carbocycles. The van der Waals surface area contributed by atoms with Crippen LogP contribution >= 0.6 is 0 Å². The highest BCUT2D eigenvalue weighted by molar-refractivity contribution is 5.96. The molecule has 2 saturated heterocycles. The molecule has 2 amide bonds. The first-order valence-corrected chi connectivity index (χ1v) is 8.73. The molecule has 2 aliphatic rings. The van der Waals surface area contributed by atoms with Gasteiger partial charge in [-0.3, -0.25) is 19.6 Å². The van der Waals surface area contributed by atoms with Crippen molar-refractivity contribution in [3.63, 3.8) is 0 Å². The lowest BCUT2D eigenvalue weighted by molar-refractivity contribution is -0.134. The molecule has 0 unspecified atom stereocenters. The number of hydrogen-bond donors (Lipinski definition) is 2. The van der Waals surface area contributed by atoms with Crippen LogP contribution < -0.4 is 5.32 Å². The van der Waals surface area contributed by atoms with Crippen molar-refractivity contribution in [1.29, 1.82) is 0 Å². The van der Waals surface area contributed by atoms with Gasteiger partial charge < -0.3 is 15.0 Å². The zero-order valence-electron chi connectivity index (χ0n) is 15.3. The summed E-state index contributed by atoms with van der Waals surface area (Å²) in [4.78, 5) is 28.3. The van der Waals surface area contributed by atoms with Gasteiger partial charge in [-0.05, 0) is 20.3 Å². The molecule has 138 valence electrons. The maximum Gasteiger partial charge on any atom is 0.255 e. The van der Waals surface area contributed by atoms with Crippen LogP contribution in [0.25, 0.3) is 0 Å². The number of H-pyrrole nitrogens is 1. The van der Waals surface area contributed by atoms with Crippen molar-refractivity contribution in [2.45, 2.75) is 44.9 Å². The van der Waals surface area contributed by atoms with Crippen molar-refractivity contribution in [3.8, 4) is 0 Å². The van der Waals surface area contributed by atoms with E-state index in [1.54, 1.807) is 19.0 Å². The Morgan fingerprint density at radius 3 is 2.76 bits per heavy atom. The number of fused-ring (bicyclic) bond motifs is 1. The molecule has 0 bridgehead atoms. The minimum atomic E-state index is -0.0751. The number of aromatic nitrogens is 2. The number of nitrogens with zero attached hydrogens (tertiary/aromatic N) is 3. The second-order valence-electron chi connectivity index (χ2n) is 7.27. The Bertz CT molecular complexity index is 637. The summed E-state index contributed by atoms with van der Waals surface area (Å²) in [6, 6.07) is 0.403. The molecule has 0 aromatic carbocycles. The highest BCUT2D eigenvalue weighted by Gasteiger charge is 2.38. The van der Waals surface area contributed by atoms with Crippen molar-refractivity contribution in [2.75, 3.05) is 33.8 Å².